The Kier molecular flexibility index (Phi) is 4.55. The number of aromatic nitrogens is 6. The second-order valence-electron chi connectivity index (χ2n) is 6.03. The number of amides is 1. The highest BCUT2D eigenvalue weighted by molar-refractivity contribution is 6.03. The van der Waals surface area contributed by atoms with E-state index in [1.807, 2.05) is 36.4 Å². The number of tetrazole rings is 1. The smallest absolute Gasteiger partial charge is 0.273 e. The molecule has 1 N–H and O–H groups in total. The van der Waals surface area contributed by atoms with Gasteiger partial charge in [0.15, 0.2) is 0 Å². The molecule has 0 bridgehead atoms. The minimum absolute atomic E-state index is 0.251. The number of methoxy groups -OCH3 is 1. The average Bonchev–Trinajstić information content (AvgIpc) is 3.38. The van der Waals surface area contributed by atoms with Gasteiger partial charge in [0.2, 0.25) is 0 Å². The fourth-order valence-corrected chi connectivity index (χ4v) is 2.78. The molecule has 0 unspecified atom stereocenters. The summed E-state index contributed by atoms with van der Waals surface area (Å²) in [5.74, 6) is 0.483. The van der Waals surface area contributed by atoms with Crippen LogP contribution in [0.1, 0.15) is 10.5 Å². The minimum atomic E-state index is -0.251. The van der Waals surface area contributed by atoms with Crippen LogP contribution in [0.3, 0.4) is 0 Å². The predicted molar refractivity (Wildman–Crippen MR) is 102 cm³/mol. The molecule has 140 valence electrons. The van der Waals surface area contributed by atoms with Crippen LogP contribution >= 0.6 is 0 Å². The van der Waals surface area contributed by atoms with Crippen LogP contribution < -0.4 is 10.1 Å². The van der Waals surface area contributed by atoms with Crippen molar-refractivity contribution >= 4 is 11.6 Å². The average molecular weight is 375 g/mol. The van der Waals surface area contributed by atoms with Gasteiger partial charge in [0.05, 0.1) is 18.5 Å². The summed E-state index contributed by atoms with van der Waals surface area (Å²) in [4.78, 5) is 12.7. The molecule has 0 atom stereocenters. The van der Waals surface area contributed by atoms with Gasteiger partial charge in [-0.2, -0.15) is 5.10 Å². The van der Waals surface area contributed by atoms with Crippen molar-refractivity contribution in [1.29, 1.82) is 0 Å². The van der Waals surface area contributed by atoms with Gasteiger partial charge in [0.1, 0.15) is 17.8 Å². The van der Waals surface area contributed by atoms with Gasteiger partial charge in [0, 0.05) is 18.3 Å². The minimum Gasteiger partial charge on any atom is -0.497 e. The Hall–Kier alpha value is -4.01. The summed E-state index contributed by atoms with van der Waals surface area (Å²) in [5.41, 5.74) is 3.47. The van der Waals surface area contributed by atoms with Crippen molar-refractivity contribution in [3.63, 3.8) is 0 Å². The van der Waals surface area contributed by atoms with Crippen LogP contribution in [-0.2, 0) is 7.05 Å². The van der Waals surface area contributed by atoms with Gasteiger partial charge in [-0.15, -0.1) is 5.10 Å². The van der Waals surface area contributed by atoms with E-state index in [0.717, 1.165) is 17.0 Å². The summed E-state index contributed by atoms with van der Waals surface area (Å²) in [7, 11) is 3.35. The molecule has 2 aromatic carbocycles. The Morgan fingerprint density at radius 2 is 1.93 bits per heavy atom. The molecular formula is C19H17N7O2. The number of carbonyl (C=O) groups excluding carboxylic acids is 1. The van der Waals surface area contributed by atoms with Gasteiger partial charge in [-0.05, 0) is 52.9 Å². The zero-order valence-corrected chi connectivity index (χ0v) is 15.3. The monoisotopic (exact) mass is 375 g/mol. The highest BCUT2D eigenvalue weighted by Gasteiger charge is 2.15. The highest BCUT2D eigenvalue weighted by Crippen LogP contribution is 2.24. The van der Waals surface area contributed by atoms with Crippen LogP contribution in [0.25, 0.3) is 16.9 Å². The lowest BCUT2D eigenvalue weighted by Gasteiger charge is -2.06. The van der Waals surface area contributed by atoms with E-state index in [0.29, 0.717) is 17.1 Å². The van der Waals surface area contributed by atoms with Gasteiger partial charge < -0.3 is 10.1 Å². The molecule has 0 aliphatic carbocycles. The van der Waals surface area contributed by atoms with E-state index in [1.165, 1.54) is 11.0 Å². The lowest BCUT2D eigenvalue weighted by Crippen LogP contribution is -2.16. The highest BCUT2D eigenvalue weighted by atomic mass is 16.5. The number of aryl methyl sites for hydroxylation is 1. The number of hydrogen-bond acceptors (Lipinski definition) is 6. The van der Waals surface area contributed by atoms with Crippen molar-refractivity contribution in [2.24, 2.45) is 7.05 Å². The normalized spacial score (nSPS) is 10.6. The summed E-state index contributed by atoms with van der Waals surface area (Å²) < 4.78 is 8.34. The first-order valence-corrected chi connectivity index (χ1v) is 8.47. The molecule has 0 spiro atoms. The number of hydrogen-bond donors (Lipinski definition) is 1. The van der Waals surface area contributed by atoms with Crippen molar-refractivity contribution in [2.45, 2.75) is 0 Å². The molecule has 0 aliphatic heterocycles. The molecule has 0 aliphatic rings. The van der Waals surface area contributed by atoms with Crippen LogP contribution in [-0.4, -0.2) is 43.0 Å². The van der Waals surface area contributed by atoms with Gasteiger partial charge in [-0.1, -0.05) is 12.1 Å². The molecule has 1 amide bonds. The van der Waals surface area contributed by atoms with E-state index >= 15 is 0 Å². The van der Waals surface area contributed by atoms with Crippen LogP contribution in [0, 0.1) is 0 Å². The third kappa shape index (κ3) is 3.45. The second kappa shape index (κ2) is 7.31. The molecule has 4 aromatic rings. The number of anilines is 1. The summed E-state index contributed by atoms with van der Waals surface area (Å²) >= 11 is 0. The molecule has 0 fully saturated rings. The fourth-order valence-electron chi connectivity index (χ4n) is 2.78. The SMILES string of the molecule is COc1cccc(-c2cc(C(=O)Nc3ccc(-n4cnnn4)cc3)n(C)n2)c1. The van der Waals surface area contributed by atoms with E-state index in [4.69, 9.17) is 4.74 Å². The second-order valence-corrected chi connectivity index (χ2v) is 6.03. The van der Waals surface area contributed by atoms with E-state index in [1.54, 1.807) is 37.0 Å². The topological polar surface area (TPSA) is 99.7 Å². The standard InChI is InChI=1S/C19H17N7O2/c1-25-18(11-17(22-25)13-4-3-5-16(10-13)28-2)19(27)21-14-6-8-15(9-7-14)26-12-20-23-24-26/h3-12H,1-2H3,(H,21,27). The van der Waals surface area contributed by atoms with E-state index in [9.17, 15) is 4.79 Å². The molecule has 2 aromatic heterocycles. The van der Waals surface area contributed by atoms with Crippen LogP contribution in [0.2, 0.25) is 0 Å². The zero-order valence-electron chi connectivity index (χ0n) is 15.3. The summed E-state index contributed by atoms with van der Waals surface area (Å²) in [6.45, 7) is 0. The molecule has 0 saturated heterocycles. The lowest BCUT2D eigenvalue weighted by molar-refractivity contribution is 0.101. The summed E-state index contributed by atoms with van der Waals surface area (Å²) in [5, 5.41) is 18.3. The third-order valence-corrected chi connectivity index (χ3v) is 4.22. The zero-order chi connectivity index (χ0) is 19.5. The Labute approximate surface area is 160 Å². The molecule has 9 nitrogen and oxygen atoms in total. The molecule has 9 heteroatoms. The van der Waals surface area contributed by atoms with Crippen molar-refractivity contribution in [2.75, 3.05) is 12.4 Å². The van der Waals surface area contributed by atoms with Crippen LogP contribution in [0.4, 0.5) is 5.69 Å². The lowest BCUT2D eigenvalue weighted by atomic mass is 10.1. The first-order valence-electron chi connectivity index (χ1n) is 8.47. The fraction of sp³-hybridized carbons (Fsp3) is 0.105. The molecule has 28 heavy (non-hydrogen) atoms. The number of nitrogens with one attached hydrogen (secondary N) is 1. The Balaban J connectivity index is 1.53. The van der Waals surface area contributed by atoms with Gasteiger partial charge in [-0.25, -0.2) is 4.68 Å². The maximum Gasteiger partial charge on any atom is 0.273 e. The Bertz CT molecular complexity index is 1100. The number of ether oxygens (including phenoxy) is 1. The van der Waals surface area contributed by atoms with Crippen LogP contribution in [0.15, 0.2) is 60.9 Å². The molecule has 2 heterocycles. The maximum absolute atomic E-state index is 12.7. The first kappa shape index (κ1) is 17.4. The summed E-state index contributed by atoms with van der Waals surface area (Å²) in [6.07, 6.45) is 1.50. The predicted octanol–water partition coefficient (Wildman–Crippen LogP) is 2.32. The molecule has 0 saturated carbocycles. The maximum atomic E-state index is 12.7. The van der Waals surface area contributed by atoms with Crippen molar-refractivity contribution in [3.05, 3.63) is 66.6 Å². The van der Waals surface area contributed by atoms with Crippen LogP contribution in [0.5, 0.6) is 5.75 Å². The van der Waals surface area contributed by atoms with Crippen molar-refractivity contribution in [1.82, 2.24) is 30.0 Å². The first-order chi connectivity index (χ1) is 13.6. The number of nitrogens with zero attached hydrogens (tertiary/aromatic N) is 6. The van der Waals surface area contributed by atoms with Crippen molar-refractivity contribution in [3.8, 4) is 22.7 Å². The molecule has 0 radical (unpaired) electrons. The van der Waals surface area contributed by atoms with Gasteiger partial charge >= 0.3 is 0 Å². The van der Waals surface area contributed by atoms with E-state index < -0.39 is 0 Å². The van der Waals surface area contributed by atoms with E-state index in [-0.39, 0.29) is 5.91 Å². The van der Waals surface area contributed by atoms with Gasteiger partial charge in [0.25, 0.3) is 5.91 Å². The number of rotatable bonds is 5. The van der Waals surface area contributed by atoms with Gasteiger partial charge in [-0.3, -0.25) is 9.48 Å². The van der Waals surface area contributed by atoms with Crippen molar-refractivity contribution < 1.29 is 9.53 Å². The third-order valence-electron chi connectivity index (χ3n) is 4.22. The Morgan fingerprint density at radius 3 is 2.64 bits per heavy atom. The van der Waals surface area contributed by atoms with E-state index in [2.05, 4.69) is 25.9 Å². The number of carbonyl (C=O) groups is 1. The quantitative estimate of drug-likeness (QED) is 0.575. The Morgan fingerprint density at radius 1 is 1.11 bits per heavy atom. The summed E-state index contributed by atoms with van der Waals surface area (Å²) in [6, 6.07) is 16.5. The largest absolute Gasteiger partial charge is 0.497 e. The molecule has 4 rings (SSSR count). The molecular weight excluding hydrogens is 358 g/mol. The number of benzene rings is 2.